The maximum Gasteiger partial charge on any atom is 0.225 e. The van der Waals surface area contributed by atoms with Gasteiger partial charge in [-0.2, -0.15) is 5.10 Å². The van der Waals surface area contributed by atoms with Gasteiger partial charge < -0.3 is 10.2 Å². The van der Waals surface area contributed by atoms with Gasteiger partial charge in [0.15, 0.2) is 0 Å². The zero-order valence-corrected chi connectivity index (χ0v) is 17.9. The van der Waals surface area contributed by atoms with E-state index in [9.17, 15) is 9.59 Å². The van der Waals surface area contributed by atoms with Crippen molar-refractivity contribution in [3.63, 3.8) is 0 Å². The van der Waals surface area contributed by atoms with Gasteiger partial charge in [0.25, 0.3) is 0 Å². The van der Waals surface area contributed by atoms with E-state index < -0.39 is 0 Å². The number of rotatable bonds is 7. The summed E-state index contributed by atoms with van der Waals surface area (Å²) in [5.41, 5.74) is 4.86. The molecule has 0 saturated heterocycles. The Bertz CT molecular complexity index is 1010. The van der Waals surface area contributed by atoms with Crippen LogP contribution in [0.2, 0.25) is 0 Å². The monoisotopic (exact) mass is 404 g/mol. The van der Waals surface area contributed by atoms with Crippen LogP contribution in [0.3, 0.4) is 0 Å². The van der Waals surface area contributed by atoms with Crippen molar-refractivity contribution in [2.75, 3.05) is 7.05 Å². The predicted molar refractivity (Wildman–Crippen MR) is 117 cm³/mol. The second kappa shape index (κ2) is 9.39. The van der Waals surface area contributed by atoms with Gasteiger partial charge in [-0.1, -0.05) is 48.5 Å². The van der Waals surface area contributed by atoms with Crippen LogP contribution in [0.4, 0.5) is 0 Å². The first kappa shape index (κ1) is 21.3. The number of nitrogens with zero attached hydrogens (tertiary/aromatic N) is 3. The summed E-state index contributed by atoms with van der Waals surface area (Å²) in [5.74, 6) is -0.195. The summed E-state index contributed by atoms with van der Waals surface area (Å²) in [7, 11) is 1.79. The van der Waals surface area contributed by atoms with E-state index in [-0.39, 0.29) is 24.3 Å². The minimum Gasteiger partial charge on any atom is -0.349 e. The highest BCUT2D eigenvalue weighted by molar-refractivity contribution is 5.79. The maximum absolute atomic E-state index is 13.0. The van der Waals surface area contributed by atoms with Gasteiger partial charge in [0, 0.05) is 31.8 Å². The lowest BCUT2D eigenvalue weighted by molar-refractivity contribution is -0.131. The molecule has 0 saturated carbocycles. The molecule has 156 valence electrons. The molecule has 0 aliphatic rings. The number of amides is 2. The SMILES string of the molecule is CC(=O)N[C@@H](CC(=O)N(C)Cc1c(C)nn(-c2ccccc2)c1C)c1ccccc1. The van der Waals surface area contributed by atoms with Crippen molar-refractivity contribution >= 4 is 11.8 Å². The third-order valence-electron chi connectivity index (χ3n) is 5.22. The van der Waals surface area contributed by atoms with Gasteiger partial charge in [-0.25, -0.2) is 4.68 Å². The number of hydrogen-bond acceptors (Lipinski definition) is 3. The van der Waals surface area contributed by atoms with E-state index in [1.165, 1.54) is 6.92 Å². The van der Waals surface area contributed by atoms with Gasteiger partial charge in [-0.15, -0.1) is 0 Å². The van der Waals surface area contributed by atoms with Crippen LogP contribution in [0.5, 0.6) is 0 Å². The highest BCUT2D eigenvalue weighted by Crippen LogP contribution is 2.21. The van der Waals surface area contributed by atoms with E-state index in [0.29, 0.717) is 6.54 Å². The van der Waals surface area contributed by atoms with Gasteiger partial charge in [0.2, 0.25) is 11.8 Å². The number of benzene rings is 2. The standard InChI is InChI=1S/C24H28N4O2/c1-17-22(18(2)28(26-17)21-13-9-6-10-14-21)16-27(4)24(30)15-23(25-19(3)29)20-11-7-5-8-12-20/h5-14,23H,15-16H2,1-4H3,(H,25,29)/t23-/m0/s1. The van der Waals surface area contributed by atoms with Crippen molar-refractivity contribution in [1.82, 2.24) is 20.0 Å². The summed E-state index contributed by atoms with van der Waals surface area (Å²) >= 11 is 0. The second-order valence-corrected chi connectivity index (χ2v) is 7.51. The van der Waals surface area contributed by atoms with Crippen molar-refractivity contribution in [1.29, 1.82) is 0 Å². The normalized spacial score (nSPS) is 11.7. The molecule has 3 aromatic rings. The molecule has 0 spiro atoms. The minimum atomic E-state index is -0.354. The lowest BCUT2D eigenvalue weighted by atomic mass is 10.0. The zero-order chi connectivity index (χ0) is 21.7. The first-order valence-corrected chi connectivity index (χ1v) is 10.0. The third kappa shape index (κ3) is 4.95. The molecule has 2 amide bonds. The van der Waals surface area contributed by atoms with Crippen LogP contribution >= 0.6 is 0 Å². The molecule has 0 fully saturated rings. The Kier molecular flexibility index (Phi) is 6.67. The second-order valence-electron chi connectivity index (χ2n) is 7.51. The summed E-state index contributed by atoms with van der Waals surface area (Å²) in [6, 6.07) is 19.2. The Morgan fingerprint density at radius 2 is 1.63 bits per heavy atom. The molecule has 30 heavy (non-hydrogen) atoms. The number of nitrogens with one attached hydrogen (secondary N) is 1. The Balaban J connectivity index is 1.75. The molecule has 1 atom stereocenters. The molecular formula is C24H28N4O2. The lowest BCUT2D eigenvalue weighted by Gasteiger charge is -2.23. The highest BCUT2D eigenvalue weighted by Gasteiger charge is 2.22. The third-order valence-corrected chi connectivity index (χ3v) is 5.22. The topological polar surface area (TPSA) is 67.2 Å². The van der Waals surface area contributed by atoms with Crippen LogP contribution in [0, 0.1) is 13.8 Å². The number of aryl methyl sites for hydroxylation is 1. The first-order chi connectivity index (χ1) is 14.4. The Morgan fingerprint density at radius 1 is 1.03 bits per heavy atom. The Morgan fingerprint density at radius 3 is 2.23 bits per heavy atom. The fourth-order valence-electron chi connectivity index (χ4n) is 3.56. The zero-order valence-electron chi connectivity index (χ0n) is 17.9. The molecule has 2 aromatic carbocycles. The van der Waals surface area contributed by atoms with Crippen molar-refractivity contribution in [3.05, 3.63) is 83.2 Å². The number of carbonyl (C=O) groups is 2. The van der Waals surface area contributed by atoms with Crippen molar-refractivity contribution in [2.24, 2.45) is 0 Å². The van der Waals surface area contributed by atoms with Gasteiger partial charge in [-0.3, -0.25) is 9.59 Å². The molecule has 0 radical (unpaired) electrons. The summed E-state index contributed by atoms with van der Waals surface area (Å²) in [6.45, 7) is 5.91. The van der Waals surface area contributed by atoms with Crippen LogP contribution in [0.1, 0.15) is 41.9 Å². The minimum absolute atomic E-state index is 0.0381. The summed E-state index contributed by atoms with van der Waals surface area (Å²) < 4.78 is 1.91. The number of aromatic nitrogens is 2. The van der Waals surface area contributed by atoms with Crippen molar-refractivity contribution in [3.8, 4) is 5.69 Å². The van der Waals surface area contributed by atoms with E-state index in [4.69, 9.17) is 0 Å². The Hall–Kier alpha value is -3.41. The predicted octanol–water partition coefficient (Wildman–Crippen LogP) is 3.72. The largest absolute Gasteiger partial charge is 0.349 e. The first-order valence-electron chi connectivity index (χ1n) is 10.0. The molecule has 1 heterocycles. The lowest BCUT2D eigenvalue weighted by Crippen LogP contribution is -2.33. The molecule has 3 rings (SSSR count). The summed E-state index contributed by atoms with van der Waals surface area (Å²) in [6.07, 6.45) is 0.199. The summed E-state index contributed by atoms with van der Waals surface area (Å²) in [4.78, 5) is 26.3. The fourth-order valence-corrected chi connectivity index (χ4v) is 3.56. The van der Waals surface area contributed by atoms with Crippen molar-refractivity contribution < 1.29 is 9.59 Å². The molecule has 0 bridgehead atoms. The maximum atomic E-state index is 13.0. The molecule has 0 aliphatic heterocycles. The molecule has 0 unspecified atom stereocenters. The number of hydrogen-bond donors (Lipinski definition) is 1. The van der Waals surface area contributed by atoms with Gasteiger partial charge in [0.1, 0.15) is 0 Å². The van der Waals surface area contributed by atoms with E-state index in [0.717, 1.165) is 28.2 Å². The van der Waals surface area contributed by atoms with E-state index in [2.05, 4.69) is 10.4 Å². The van der Waals surface area contributed by atoms with Crippen molar-refractivity contribution in [2.45, 2.75) is 39.8 Å². The molecule has 6 heteroatoms. The van der Waals surface area contributed by atoms with Crippen LogP contribution in [-0.4, -0.2) is 33.5 Å². The van der Waals surface area contributed by atoms with Crippen LogP contribution in [-0.2, 0) is 16.1 Å². The quantitative estimate of drug-likeness (QED) is 0.653. The molecule has 1 aromatic heterocycles. The molecule has 0 aliphatic carbocycles. The van der Waals surface area contributed by atoms with Gasteiger partial charge in [-0.05, 0) is 31.5 Å². The molecular weight excluding hydrogens is 376 g/mol. The molecule has 1 N–H and O–H groups in total. The highest BCUT2D eigenvalue weighted by atomic mass is 16.2. The fraction of sp³-hybridized carbons (Fsp3) is 0.292. The Labute approximate surface area is 177 Å². The average Bonchev–Trinajstić information content (AvgIpc) is 3.02. The van der Waals surface area contributed by atoms with Gasteiger partial charge >= 0.3 is 0 Å². The van der Waals surface area contributed by atoms with Crippen LogP contribution in [0.25, 0.3) is 5.69 Å². The summed E-state index contributed by atoms with van der Waals surface area (Å²) in [5, 5.41) is 7.55. The number of para-hydroxylation sites is 1. The molecule has 6 nitrogen and oxygen atoms in total. The van der Waals surface area contributed by atoms with E-state index in [1.807, 2.05) is 79.2 Å². The average molecular weight is 405 g/mol. The van der Waals surface area contributed by atoms with E-state index >= 15 is 0 Å². The number of carbonyl (C=O) groups excluding carboxylic acids is 2. The smallest absolute Gasteiger partial charge is 0.225 e. The van der Waals surface area contributed by atoms with E-state index in [1.54, 1.807) is 11.9 Å². The van der Waals surface area contributed by atoms with Crippen LogP contribution < -0.4 is 5.32 Å². The van der Waals surface area contributed by atoms with Crippen LogP contribution in [0.15, 0.2) is 60.7 Å². The van der Waals surface area contributed by atoms with Gasteiger partial charge in [0.05, 0.1) is 23.8 Å².